The Bertz CT molecular complexity index is 694. The van der Waals surface area contributed by atoms with Crippen LogP contribution in [0.3, 0.4) is 0 Å². The SMILES string of the molecule is CCN(Cc1ccnc(-c2cc(C)c(C)c(C)c2)c1)C1CCNCC1. The number of aromatic nitrogens is 1. The Balaban J connectivity index is 1.81. The molecule has 0 unspecified atom stereocenters. The molecule has 1 N–H and O–H groups in total. The maximum absolute atomic E-state index is 4.64. The maximum atomic E-state index is 4.64. The van der Waals surface area contributed by atoms with Crippen LogP contribution in [-0.2, 0) is 6.54 Å². The minimum Gasteiger partial charge on any atom is -0.317 e. The Morgan fingerprint density at radius 3 is 2.40 bits per heavy atom. The van der Waals surface area contributed by atoms with E-state index in [1.165, 1.54) is 40.7 Å². The van der Waals surface area contributed by atoms with Crippen LogP contribution in [-0.4, -0.2) is 35.6 Å². The van der Waals surface area contributed by atoms with Crippen LogP contribution in [0.25, 0.3) is 11.3 Å². The molecule has 3 heteroatoms. The van der Waals surface area contributed by atoms with Crippen LogP contribution in [0, 0.1) is 20.8 Å². The van der Waals surface area contributed by atoms with E-state index in [0.717, 1.165) is 31.9 Å². The number of nitrogens with one attached hydrogen (secondary N) is 1. The summed E-state index contributed by atoms with van der Waals surface area (Å²) < 4.78 is 0. The molecule has 1 fully saturated rings. The first kappa shape index (κ1) is 18.1. The fourth-order valence-electron chi connectivity index (χ4n) is 3.82. The van der Waals surface area contributed by atoms with Crippen LogP contribution in [0.4, 0.5) is 0 Å². The van der Waals surface area contributed by atoms with E-state index in [1.54, 1.807) is 0 Å². The summed E-state index contributed by atoms with van der Waals surface area (Å²) in [7, 11) is 0. The van der Waals surface area contributed by atoms with Gasteiger partial charge in [0.15, 0.2) is 0 Å². The monoisotopic (exact) mass is 337 g/mol. The molecule has 0 amide bonds. The zero-order valence-electron chi connectivity index (χ0n) is 16.1. The third-order valence-electron chi connectivity index (χ3n) is 5.66. The summed E-state index contributed by atoms with van der Waals surface area (Å²) >= 11 is 0. The van der Waals surface area contributed by atoms with Crippen molar-refractivity contribution < 1.29 is 0 Å². The molecule has 0 aliphatic carbocycles. The van der Waals surface area contributed by atoms with Crippen LogP contribution in [0.5, 0.6) is 0 Å². The average Bonchev–Trinajstić information content (AvgIpc) is 2.64. The molecule has 1 saturated heterocycles. The van der Waals surface area contributed by atoms with Crippen LogP contribution in [0.15, 0.2) is 30.5 Å². The van der Waals surface area contributed by atoms with Crippen LogP contribution < -0.4 is 5.32 Å². The third-order valence-corrected chi connectivity index (χ3v) is 5.66. The maximum Gasteiger partial charge on any atom is 0.0705 e. The molecule has 2 aromatic rings. The number of nitrogens with zero attached hydrogens (tertiary/aromatic N) is 2. The number of aryl methyl sites for hydroxylation is 2. The van der Waals surface area contributed by atoms with Gasteiger partial charge in [0.1, 0.15) is 0 Å². The first-order chi connectivity index (χ1) is 12.1. The van der Waals surface area contributed by atoms with Gasteiger partial charge in [0.25, 0.3) is 0 Å². The summed E-state index contributed by atoms with van der Waals surface area (Å²) in [5.74, 6) is 0. The summed E-state index contributed by atoms with van der Waals surface area (Å²) in [4.78, 5) is 7.26. The second kappa shape index (κ2) is 8.11. The first-order valence-electron chi connectivity index (χ1n) is 9.56. The first-order valence-corrected chi connectivity index (χ1v) is 9.56. The second-order valence-electron chi connectivity index (χ2n) is 7.33. The third kappa shape index (κ3) is 4.28. The lowest BCUT2D eigenvalue weighted by molar-refractivity contribution is 0.162. The van der Waals surface area contributed by atoms with E-state index in [0.29, 0.717) is 6.04 Å². The fraction of sp³-hybridized carbons (Fsp3) is 0.500. The van der Waals surface area contributed by atoms with Gasteiger partial charge >= 0.3 is 0 Å². The van der Waals surface area contributed by atoms with E-state index in [9.17, 15) is 0 Å². The summed E-state index contributed by atoms with van der Waals surface area (Å²) in [6, 6.07) is 9.67. The molecule has 0 radical (unpaired) electrons. The lowest BCUT2D eigenvalue weighted by atomic mass is 9.98. The van der Waals surface area contributed by atoms with E-state index < -0.39 is 0 Å². The van der Waals surface area contributed by atoms with Crippen molar-refractivity contribution in [2.24, 2.45) is 0 Å². The Morgan fingerprint density at radius 1 is 1.08 bits per heavy atom. The minimum atomic E-state index is 0.701. The smallest absolute Gasteiger partial charge is 0.0705 e. The molecule has 0 bridgehead atoms. The predicted molar refractivity (Wildman–Crippen MR) is 106 cm³/mol. The summed E-state index contributed by atoms with van der Waals surface area (Å²) in [6.07, 6.45) is 4.47. The zero-order chi connectivity index (χ0) is 17.8. The molecule has 1 aromatic heterocycles. The van der Waals surface area contributed by atoms with Gasteiger partial charge in [0.05, 0.1) is 5.69 Å². The van der Waals surface area contributed by atoms with Gasteiger partial charge in [0, 0.05) is 24.3 Å². The van der Waals surface area contributed by atoms with Crippen LogP contribution >= 0.6 is 0 Å². The molecule has 0 spiro atoms. The standard InChI is InChI=1S/C22H31N3/c1-5-25(21-7-9-23-10-8-21)15-19-6-11-24-22(14-19)20-12-16(2)18(4)17(3)13-20/h6,11-14,21,23H,5,7-10,15H2,1-4H3. The Kier molecular flexibility index (Phi) is 5.87. The predicted octanol–water partition coefficient (Wildman–Crippen LogP) is 4.25. The highest BCUT2D eigenvalue weighted by Gasteiger charge is 2.19. The largest absolute Gasteiger partial charge is 0.317 e. The van der Waals surface area contributed by atoms with Gasteiger partial charge in [0.2, 0.25) is 0 Å². The molecule has 1 aromatic carbocycles. The van der Waals surface area contributed by atoms with Crippen molar-refractivity contribution in [2.45, 2.75) is 53.1 Å². The summed E-state index contributed by atoms with van der Waals surface area (Å²) in [5.41, 5.74) is 7.74. The van der Waals surface area contributed by atoms with Crippen molar-refractivity contribution >= 4 is 0 Å². The number of hydrogen-bond acceptors (Lipinski definition) is 3. The highest BCUT2D eigenvalue weighted by atomic mass is 15.2. The molecule has 0 saturated carbocycles. The van der Waals surface area contributed by atoms with Crippen LogP contribution in [0.2, 0.25) is 0 Å². The molecule has 3 nitrogen and oxygen atoms in total. The zero-order valence-corrected chi connectivity index (χ0v) is 16.1. The lowest BCUT2D eigenvalue weighted by Gasteiger charge is -2.34. The van der Waals surface area contributed by atoms with Crippen molar-refractivity contribution in [2.75, 3.05) is 19.6 Å². The van der Waals surface area contributed by atoms with Crippen molar-refractivity contribution in [3.8, 4) is 11.3 Å². The van der Waals surface area contributed by atoms with E-state index in [1.807, 2.05) is 6.20 Å². The number of benzene rings is 1. The number of pyridine rings is 1. The average molecular weight is 338 g/mol. The van der Waals surface area contributed by atoms with Gasteiger partial charge in [-0.25, -0.2) is 0 Å². The van der Waals surface area contributed by atoms with E-state index in [2.05, 4.69) is 67.2 Å². The van der Waals surface area contributed by atoms with E-state index >= 15 is 0 Å². The van der Waals surface area contributed by atoms with Gasteiger partial charge in [-0.15, -0.1) is 0 Å². The Hall–Kier alpha value is -1.71. The molecule has 2 heterocycles. The minimum absolute atomic E-state index is 0.701. The second-order valence-corrected chi connectivity index (χ2v) is 7.33. The highest BCUT2D eigenvalue weighted by Crippen LogP contribution is 2.25. The highest BCUT2D eigenvalue weighted by molar-refractivity contribution is 5.63. The molecule has 0 atom stereocenters. The quantitative estimate of drug-likeness (QED) is 0.884. The van der Waals surface area contributed by atoms with Crippen molar-refractivity contribution in [3.63, 3.8) is 0 Å². The number of piperidine rings is 1. The van der Waals surface area contributed by atoms with Gasteiger partial charge in [-0.05, 0) is 99.8 Å². The van der Waals surface area contributed by atoms with Gasteiger partial charge < -0.3 is 5.32 Å². The van der Waals surface area contributed by atoms with Crippen molar-refractivity contribution in [1.82, 2.24) is 15.2 Å². The lowest BCUT2D eigenvalue weighted by Crippen LogP contribution is -2.42. The van der Waals surface area contributed by atoms with E-state index in [4.69, 9.17) is 0 Å². The van der Waals surface area contributed by atoms with Gasteiger partial charge in [-0.2, -0.15) is 0 Å². The van der Waals surface area contributed by atoms with E-state index in [-0.39, 0.29) is 0 Å². The number of rotatable bonds is 5. The topological polar surface area (TPSA) is 28.2 Å². The van der Waals surface area contributed by atoms with Gasteiger partial charge in [-0.1, -0.05) is 6.92 Å². The normalized spacial score (nSPS) is 15.7. The van der Waals surface area contributed by atoms with Crippen LogP contribution in [0.1, 0.15) is 42.0 Å². The molecule has 134 valence electrons. The molecular formula is C22H31N3. The fourth-order valence-corrected chi connectivity index (χ4v) is 3.82. The van der Waals surface area contributed by atoms with Crippen molar-refractivity contribution in [3.05, 3.63) is 52.7 Å². The Labute approximate surface area is 152 Å². The molecule has 1 aliphatic heterocycles. The molecular weight excluding hydrogens is 306 g/mol. The molecule has 3 rings (SSSR count). The molecule has 1 aliphatic rings. The number of hydrogen-bond donors (Lipinski definition) is 1. The molecule has 25 heavy (non-hydrogen) atoms. The van der Waals surface area contributed by atoms with Gasteiger partial charge in [-0.3, -0.25) is 9.88 Å². The Morgan fingerprint density at radius 2 is 1.76 bits per heavy atom. The summed E-state index contributed by atoms with van der Waals surface area (Å²) in [6.45, 7) is 13.2. The summed E-state index contributed by atoms with van der Waals surface area (Å²) in [5, 5.41) is 3.47. The van der Waals surface area contributed by atoms with Crippen molar-refractivity contribution in [1.29, 1.82) is 0 Å².